The molecule has 2 aromatic carbocycles. The lowest BCUT2D eigenvalue weighted by Gasteiger charge is -2.28. The number of amides is 1. The average molecular weight is 481 g/mol. The maximum atomic E-state index is 12.8. The van der Waals surface area contributed by atoms with Crippen molar-refractivity contribution in [3.05, 3.63) is 65.2 Å². The van der Waals surface area contributed by atoms with Crippen LogP contribution in [-0.4, -0.2) is 32.5 Å². The van der Waals surface area contributed by atoms with Crippen LogP contribution in [0.2, 0.25) is 5.02 Å². The summed E-state index contributed by atoms with van der Waals surface area (Å²) in [6, 6.07) is 18.1. The molecule has 0 unspecified atom stereocenters. The number of carbonyl (C=O) groups is 1. The average Bonchev–Trinajstić information content (AvgIpc) is 3.55. The van der Waals surface area contributed by atoms with E-state index in [9.17, 15) is 4.79 Å². The summed E-state index contributed by atoms with van der Waals surface area (Å²) in [5.41, 5.74) is 2.10. The summed E-state index contributed by atoms with van der Waals surface area (Å²) < 4.78 is 2.08. The van der Waals surface area contributed by atoms with Gasteiger partial charge in [0, 0.05) is 16.6 Å². The van der Waals surface area contributed by atoms with Gasteiger partial charge in [-0.3, -0.25) is 9.36 Å². The van der Waals surface area contributed by atoms with Crippen molar-refractivity contribution in [1.82, 2.24) is 20.1 Å². The molecule has 0 spiro atoms. The van der Waals surface area contributed by atoms with Gasteiger partial charge in [-0.1, -0.05) is 60.1 Å². The maximum absolute atomic E-state index is 12.8. The van der Waals surface area contributed by atoms with Crippen molar-refractivity contribution in [3.63, 3.8) is 0 Å². The summed E-state index contributed by atoms with van der Waals surface area (Å²) in [6.45, 7) is 2.81. The van der Waals surface area contributed by atoms with Crippen LogP contribution in [0.3, 0.4) is 0 Å². The number of nitrogens with one attached hydrogen (secondary N) is 1. The lowest BCUT2D eigenvalue weighted by Crippen LogP contribution is -2.40. The van der Waals surface area contributed by atoms with Gasteiger partial charge in [0.05, 0.1) is 12.3 Å². The Labute approximate surface area is 204 Å². The lowest BCUT2D eigenvalue weighted by atomic mass is 9.84. The van der Waals surface area contributed by atoms with Crippen molar-refractivity contribution in [2.45, 2.75) is 50.4 Å². The summed E-state index contributed by atoms with van der Waals surface area (Å²) in [5.74, 6) is 3.49. The van der Waals surface area contributed by atoms with Gasteiger partial charge in [-0.05, 0) is 73.8 Å². The minimum atomic E-state index is 0.0672. The Morgan fingerprint density at radius 2 is 1.91 bits per heavy atom. The van der Waals surface area contributed by atoms with E-state index in [1.165, 1.54) is 37.4 Å². The van der Waals surface area contributed by atoms with Crippen LogP contribution in [0.1, 0.15) is 38.2 Å². The molecule has 5 nitrogen and oxygen atoms in total. The highest BCUT2D eigenvalue weighted by Crippen LogP contribution is 2.49. The predicted molar refractivity (Wildman–Crippen MR) is 133 cm³/mol. The normalized spacial score (nSPS) is 22.4. The molecule has 2 aliphatic carbocycles. The van der Waals surface area contributed by atoms with Gasteiger partial charge in [0.25, 0.3) is 0 Å². The molecule has 33 heavy (non-hydrogen) atoms. The third-order valence-corrected chi connectivity index (χ3v) is 8.38. The Hall–Kier alpha value is -2.31. The van der Waals surface area contributed by atoms with Crippen LogP contribution in [-0.2, 0) is 11.3 Å². The second kappa shape index (κ2) is 9.90. The Kier molecular flexibility index (Phi) is 6.74. The van der Waals surface area contributed by atoms with E-state index < -0.39 is 0 Å². The maximum Gasteiger partial charge on any atom is 0.230 e. The number of aromatic nitrogens is 3. The zero-order valence-electron chi connectivity index (χ0n) is 18.8. The number of rotatable bonds is 8. The second-order valence-electron chi connectivity index (χ2n) is 9.37. The molecule has 2 bridgehead atoms. The Bertz CT molecular complexity index is 1100. The van der Waals surface area contributed by atoms with E-state index >= 15 is 0 Å². The van der Waals surface area contributed by atoms with Gasteiger partial charge in [-0.2, -0.15) is 0 Å². The number of halogens is 1. The molecule has 1 aromatic heterocycles. The monoisotopic (exact) mass is 480 g/mol. The molecule has 0 aliphatic heterocycles. The van der Waals surface area contributed by atoms with E-state index in [1.807, 2.05) is 42.5 Å². The van der Waals surface area contributed by atoms with E-state index in [2.05, 4.69) is 39.1 Å². The number of hydrogen-bond acceptors (Lipinski definition) is 4. The van der Waals surface area contributed by atoms with E-state index in [4.69, 9.17) is 11.6 Å². The number of benzene rings is 2. The Morgan fingerprint density at radius 3 is 2.61 bits per heavy atom. The molecule has 0 radical (unpaired) electrons. The van der Waals surface area contributed by atoms with E-state index in [0.717, 1.165) is 33.9 Å². The molecule has 1 amide bonds. The third-order valence-electron chi connectivity index (χ3n) is 7.16. The molecule has 0 saturated heterocycles. The van der Waals surface area contributed by atoms with Gasteiger partial charge in [-0.25, -0.2) is 0 Å². The molecule has 4 atom stereocenters. The minimum Gasteiger partial charge on any atom is -0.353 e. The number of nitrogens with zero attached hydrogens (tertiary/aromatic N) is 3. The summed E-state index contributed by atoms with van der Waals surface area (Å²) in [4.78, 5) is 12.8. The van der Waals surface area contributed by atoms with Gasteiger partial charge in [0.2, 0.25) is 5.91 Å². The Balaban J connectivity index is 1.28. The largest absolute Gasteiger partial charge is 0.353 e. The van der Waals surface area contributed by atoms with Crippen molar-refractivity contribution in [2.24, 2.45) is 17.8 Å². The van der Waals surface area contributed by atoms with Crippen LogP contribution < -0.4 is 5.32 Å². The highest BCUT2D eigenvalue weighted by atomic mass is 35.5. The van der Waals surface area contributed by atoms with Crippen LogP contribution in [0.25, 0.3) is 11.4 Å². The van der Waals surface area contributed by atoms with Gasteiger partial charge in [0.15, 0.2) is 11.0 Å². The van der Waals surface area contributed by atoms with Crippen molar-refractivity contribution >= 4 is 29.3 Å². The molecular formula is C26H29ClN4OS. The van der Waals surface area contributed by atoms with Crippen LogP contribution in [0, 0.1) is 17.8 Å². The second-order valence-corrected chi connectivity index (χ2v) is 10.7. The van der Waals surface area contributed by atoms with E-state index in [0.29, 0.717) is 23.2 Å². The molecule has 2 saturated carbocycles. The number of thioether (sulfide) groups is 1. The van der Waals surface area contributed by atoms with Crippen molar-refractivity contribution in [3.8, 4) is 11.4 Å². The molecule has 172 valence electrons. The van der Waals surface area contributed by atoms with Crippen LogP contribution in [0.15, 0.2) is 59.8 Å². The van der Waals surface area contributed by atoms with Gasteiger partial charge < -0.3 is 5.32 Å². The molecule has 5 rings (SSSR count). The first-order valence-corrected chi connectivity index (χ1v) is 13.1. The quantitative estimate of drug-likeness (QED) is 0.421. The van der Waals surface area contributed by atoms with Crippen LogP contribution >= 0.6 is 23.4 Å². The number of fused-ring (bicyclic) bond motifs is 2. The fourth-order valence-corrected chi connectivity index (χ4v) is 6.43. The topological polar surface area (TPSA) is 59.8 Å². The van der Waals surface area contributed by atoms with Crippen LogP contribution in [0.4, 0.5) is 0 Å². The fourth-order valence-electron chi connectivity index (χ4n) is 5.56. The van der Waals surface area contributed by atoms with Crippen molar-refractivity contribution in [2.75, 3.05) is 5.75 Å². The molecular weight excluding hydrogens is 452 g/mol. The number of carbonyl (C=O) groups excluding carboxylic acids is 1. The SMILES string of the molecule is C[C@H](NC(=O)CSc1nnc(-c2ccc(Cl)cc2)n1Cc1ccccc1)[C@@H]1C[C@@H]2CC[C@@H]1C2. The summed E-state index contributed by atoms with van der Waals surface area (Å²) in [6.07, 6.45) is 5.34. The summed E-state index contributed by atoms with van der Waals surface area (Å²) >= 11 is 7.52. The third kappa shape index (κ3) is 5.12. The zero-order chi connectivity index (χ0) is 22.8. The minimum absolute atomic E-state index is 0.0672. The molecule has 2 fully saturated rings. The van der Waals surface area contributed by atoms with E-state index in [1.54, 1.807) is 0 Å². The summed E-state index contributed by atoms with van der Waals surface area (Å²) in [5, 5.41) is 13.6. The van der Waals surface area contributed by atoms with Crippen molar-refractivity contribution in [1.29, 1.82) is 0 Å². The zero-order valence-corrected chi connectivity index (χ0v) is 20.4. The molecule has 1 N–H and O–H groups in total. The van der Waals surface area contributed by atoms with E-state index in [-0.39, 0.29) is 11.9 Å². The van der Waals surface area contributed by atoms with Crippen LogP contribution in [0.5, 0.6) is 0 Å². The predicted octanol–water partition coefficient (Wildman–Crippen LogP) is 5.68. The van der Waals surface area contributed by atoms with Gasteiger partial charge in [-0.15, -0.1) is 10.2 Å². The first-order valence-electron chi connectivity index (χ1n) is 11.7. The Morgan fingerprint density at radius 1 is 1.12 bits per heavy atom. The van der Waals surface area contributed by atoms with Gasteiger partial charge in [0.1, 0.15) is 0 Å². The number of hydrogen-bond donors (Lipinski definition) is 1. The highest BCUT2D eigenvalue weighted by Gasteiger charge is 2.42. The molecule has 1 heterocycles. The first-order chi connectivity index (χ1) is 16.1. The first kappa shape index (κ1) is 22.5. The lowest BCUT2D eigenvalue weighted by molar-refractivity contribution is -0.119. The summed E-state index contributed by atoms with van der Waals surface area (Å²) in [7, 11) is 0. The standard InChI is InChI=1S/C26H29ClN4OS/c1-17(23-14-19-7-8-21(23)13-19)28-24(32)16-33-26-30-29-25(20-9-11-22(27)12-10-20)31(26)15-18-5-3-2-4-6-18/h2-6,9-12,17,19,21,23H,7-8,13-16H2,1H3,(H,28,32)/t17-,19+,21+,23-/m0/s1. The molecule has 2 aliphatic rings. The molecule has 7 heteroatoms. The fraction of sp³-hybridized carbons (Fsp3) is 0.423. The van der Waals surface area contributed by atoms with Crippen molar-refractivity contribution < 1.29 is 4.79 Å². The smallest absolute Gasteiger partial charge is 0.230 e. The highest BCUT2D eigenvalue weighted by molar-refractivity contribution is 7.99. The van der Waals surface area contributed by atoms with Gasteiger partial charge >= 0.3 is 0 Å². The molecule has 3 aromatic rings.